The number of carbonyl (C=O) groups is 1. The van der Waals surface area contributed by atoms with Gasteiger partial charge in [0, 0.05) is 67.1 Å². The van der Waals surface area contributed by atoms with Gasteiger partial charge >= 0.3 is 6.03 Å². The van der Waals surface area contributed by atoms with Crippen LogP contribution in [0.1, 0.15) is 50.2 Å². The van der Waals surface area contributed by atoms with Crippen LogP contribution in [0.15, 0.2) is 34.9 Å². The number of nitrogens with zero attached hydrogens (tertiary/aromatic N) is 4. The molecule has 0 spiro atoms. The molecule has 2 aromatic rings. The van der Waals surface area contributed by atoms with Crippen LogP contribution in [-0.4, -0.2) is 71.7 Å². The minimum atomic E-state index is -0.140. The average Bonchev–Trinajstić information content (AvgIpc) is 3.73. The van der Waals surface area contributed by atoms with Crippen molar-refractivity contribution < 1.29 is 9.18 Å². The van der Waals surface area contributed by atoms with Gasteiger partial charge in [0.05, 0.1) is 5.02 Å². The second-order valence-electron chi connectivity index (χ2n) is 10.7. The highest BCUT2D eigenvalue weighted by Crippen LogP contribution is 2.30. The molecule has 1 saturated carbocycles. The van der Waals surface area contributed by atoms with E-state index < -0.39 is 0 Å². The highest BCUT2D eigenvalue weighted by atomic mass is 79.9. The van der Waals surface area contributed by atoms with Gasteiger partial charge in [-0.05, 0) is 69.0 Å². The molecule has 7 nitrogen and oxygen atoms in total. The third kappa shape index (κ3) is 6.97. The fourth-order valence-corrected chi connectivity index (χ4v) is 6.29. The van der Waals surface area contributed by atoms with Crippen molar-refractivity contribution in [2.75, 3.05) is 37.6 Å². The predicted molar refractivity (Wildman–Crippen MR) is 153 cm³/mol. The first-order chi connectivity index (χ1) is 18.4. The number of nitrogens with one attached hydrogen (secondary N) is 2. The first-order valence-electron chi connectivity index (χ1n) is 13.8. The lowest BCUT2D eigenvalue weighted by molar-refractivity contribution is 0.0607. The van der Waals surface area contributed by atoms with Crippen LogP contribution in [0.2, 0.25) is 5.02 Å². The number of halogens is 3. The number of hydrogen-bond donors (Lipinski definition) is 2. The highest BCUT2D eigenvalue weighted by molar-refractivity contribution is 9.10. The number of piperazine rings is 1. The fraction of sp³-hybridized carbons (Fsp3) is 0.571. The molecule has 2 amide bonds. The van der Waals surface area contributed by atoms with Crippen LogP contribution >= 0.6 is 27.5 Å². The molecule has 0 bridgehead atoms. The Hall–Kier alpha value is -1.94. The number of pyridine rings is 1. The minimum absolute atomic E-state index is 0.138. The van der Waals surface area contributed by atoms with Crippen molar-refractivity contribution in [3.63, 3.8) is 0 Å². The van der Waals surface area contributed by atoms with Crippen molar-refractivity contribution in [2.45, 2.75) is 70.2 Å². The maximum Gasteiger partial charge on any atom is 0.315 e. The third-order valence-electron chi connectivity index (χ3n) is 7.98. The van der Waals surface area contributed by atoms with E-state index in [4.69, 9.17) is 11.6 Å². The molecular weight excluding hydrogens is 571 g/mol. The molecule has 1 aliphatic carbocycles. The van der Waals surface area contributed by atoms with Gasteiger partial charge in [-0.2, -0.15) is 0 Å². The lowest BCUT2D eigenvalue weighted by Crippen LogP contribution is -2.58. The largest absolute Gasteiger partial charge is 0.353 e. The number of likely N-dealkylation sites (tertiary alicyclic amines) is 1. The van der Waals surface area contributed by atoms with Crippen molar-refractivity contribution in [2.24, 2.45) is 0 Å². The van der Waals surface area contributed by atoms with Crippen LogP contribution in [0, 0.1) is 5.82 Å². The number of anilines is 1. The summed E-state index contributed by atoms with van der Waals surface area (Å²) in [5.74, 6) is 0.682. The molecule has 0 radical (unpaired) electrons. The quantitative estimate of drug-likeness (QED) is 0.434. The standard InChI is InChI=1S/C28H37BrClFN6O/c1-2-23-18-36(27-25(30)13-19(15-32-27)16-33-28(38)34-22-5-6-22)11-12-37(23)24-7-9-35(10-8-24)17-20-3-4-21(29)14-26(20)31/h3-4,13-15,22-24H,2,5-12,16-18H2,1H3,(H2,33,34,38)/t23-/m0/s1. The lowest BCUT2D eigenvalue weighted by Gasteiger charge is -2.47. The number of urea groups is 1. The van der Waals surface area contributed by atoms with Crippen molar-refractivity contribution in [3.8, 4) is 0 Å². The average molecular weight is 608 g/mol. The molecule has 2 saturated heterocycles. The lowest BCUT2D eigenvalue weighted by atomic mass is 9.97. The van der Waals surface area contributed by atoms with Gasteiger partial charge < -0.3 is 15.5 Å². The summed E-state index contributed by atoms with van der Waals surface area (Å²) in [5, 5.41) is 6.44. The van der Waals surface area contributed by atoms with Crippen molar-refractivity contribution in [1.82, 2.24) is 25.4 Å². The maximum atomic E-state index is 14.3. The smallest absolute Gasteiger partial charge is 0.315 e. The molecule has 10 heteroatoms. The first kappa shape index (κ1) is 27.6. The summed E-state index contributed by atoms with van der Waals surface area (Å²) in [7, 11) is 0. The first-order valence-corrected chi connectivity index (χ1v) is 14.9. The zero-order chi connectivity index (χ0) is 26.6. The fourth-order valence-electron chi connectivity index (χ4n) is 5.65. The summed E-state index contributed by atoms with van der Waals surface area (Å²) in [6.45, 7) is 8.05. The predicted octanol–water partition coefficient (Wildman–Crippen LogP) is 5.16. The van der Waals surface area contributed by atoms with Crippen LogP contribution in [0.25, 0.3) is 0 Å². The minimum Gasteiger partial charge on any atom is -0.353 e. The third-order valence-corrected chi connectivity index (χ3v) is 8.75. The molecule has 0 unspecified atom stereocenters. The topological polar surface area (TPSA) is 63.7 Å². The molecule has 3 heterocycles. The van der Waals surface area contributed by atoms with Gasteiger partial charge in [0.15, 0.2) is 0 Å². The molecule has 3 aliphatic rings. The van der Waals surface area contributed by atoms with E-state index in [1.807, 2.05) is 24.4 Å². The van der Waals surface area contributed by atoms with Crippen LogP contribution < -0.4 is 15.5 Å². The molecule has 3 fully saturated rings. The van der Waals surface area contributed by atoms with Crippen molar-refractivity contribution >= 4 is 39.4 Å². The second-order valence-corrected chi connectivity index (χ2v) is 12.1. The molecule has 1 atom stereocenters. The van der Waals surface area contributed by atoms with E-state index in [1.165, 1.54) is 0 Å². The van der Waals surface area contributed by atoms with Gasteiger partial charge in [-0.1, -0.05) is 40.5 Å². The maximum absolute atomic E-state index is 14.3. The number of benzene rings is 1. The molecule has 5 rings (SSSR count). The van der Waals surface area contributed by atoms with Gasteiger partial charge in [0.1, 0.15) is 11.6 Å². The number of amides is 2. The Morgan fingerprint density at radius 3 is 2.63 bits per heavy atom. The van der Waals surface area contributed by atoms with E-state index >= 15 is 0 Å². The van der Waals surface area contributed by atoms with Gasteiger partial charge in [0.25, 0.3) is 0 Å². The van der Waals surface area contributed by atoms with Crippen LogP contribution in [0.3, 0.4) is 0 Å². The van der Waals surface area contributed by atoms with E-state index in [1.54, 1.807) is 6.07 Å². The van der Waals surface area contributed by atoms with Crippen LogP contribution in [0.5, 0.6) is 0 Å². The molecule has 38 heavy (non-hydrogen) atoms. The summed E-state index contributed by atoms with van der Waals surface area (Å²) in [4.78, 5) is 23.9. The van der Waals surface area contributed by atoms with Gasteiger partial charge in [-0.3, -0.25) is 9.80 Å². The van der Waals surface area contributed by atoms with E-state index in [-0.39, 0.29) is 11.8 Å². The van der Waals surface area contributed by atoms with E-state index in [0.717, 1.165) is 86.2 Å². The Morgan fingerprint density at radius 1 is 1.16 bits per heavy atom. The number of hydrogen-bond acceptors (Lipinski definition) is 5. The Bertz CT molecular complexity index is 1130. The zero-order valence-corrected chi connectivity index (χ0v) is 24.3. The number of rotatable bonds is 8. The molecule has 1 aromatic heterocycles. The number of carbonyl (C=O) groups excluding carboxylic acids is 1. The highest BCUT2D eigenvalue weighted by Gasteiger charge is 2.34. The summed E-state index contributed by atoms with van der Waals surface area (Å²) in [6, 6.07) is 8.44. The Morgan fingerprint density at radius 2 is 1.95 bits per heavy atom. The van der Waals surface area contributed by atoms with Gasteiger partial charge in [-0.15, -0.1) is 0 Å². The summed E-state index contributed by atoms with van der Waals surface area (Å²) in [6.07, 6.45) is 7.21. The molecular formula is C28H37BrClFN6O. The molecule has 206 valence electrons. The van der Waals surface area contributed by atoms with Gasteiger partial charge in [0.2, 0.25) is 0 Å². The Labute approximate surface area is 238 Å². The Balaban J connectivity index is 1.12. The SMILES string of the molecule is CC[C@H]1CN(c2ncc(CNC(=O)NC3CC3)cc2Cl)CCN1C1CCN(Cc2ccc(Br)cc2F)CC1. The summed E-state index contributed by atoms with van der Waals surface area (Å²) >= 11 is 10.0. The number of aromatic nitrogens is 1. The number of piperidine rings is 1. The van der Waals surface area contributed by atoms with Crippen LogP contribution in [0.4, 0.5) is 15.0 Å². The van der Waals surface area contributed by atoms with E-state index in [9.17, 15) is 9.18 Å². The summed E-state index contributed by atoms with van der Waals surface area (Å²) < 4.78 is 15.1. The second kappa shape index (κ2) is 12.5. The summed E-state index contributed by atoms with van der Waals surface area (Å²) in [5.41, 5.74) is 1.66. The zero-order valence-electron chi connectivity index (χ0n) is 21.9. The normalized spacial score (nSPS) is 21.5. The van der Waals surface area contributed by atoms with E-state index in [2.05, 4.69) is 53.2 Å². The van der Waals surface area contributed by atoms with Crippen LogP contribution in [-0.2, 0) is 13.1 Å². The van der Waals surface area contributed by atoms with Crippen molar-refractivity contribution in [1.29, 1.82) is 0 Å². The van der Waals surface area contributed by atoms with Crippen molar-refractivity contribution in [3.05, 3.63) is 56.9 Å². The molecule has 1 aromatic carbocycles. The van der Waals surface area contributed by atoms with E-state index in [0.29, 0.717) is 36.2 Å². The molecule has 2 N–H and O–H groups in total. The monoisotopic (exact) mass is 606 g/mol. The molecule has 2 aliphatic heterocycles. The Kier molecular flexibility index (Phi) is 9.08. The van der Waals surface area contributed by atoms with Gasteiger partial charge in [-0.25, -0.2) is 14.2 Å².